The van der Waals surface area contributed by atoms with Crippen molar-refractivity contribution in [1.29, 1.82) is 0 Å². The van der Waals surface area contributed by atoms with Crippen LogP contribution in [0.25, 0.3) is 0 Å². The molecule has 0 saturated heterocycles. The summed E-state index contributed by atoms with van der Waals surface area (Å²) in [7, 11) is 1.55. The molecule has 8 nitrogen and oxygen atoms in total. The predicted molar refractivity (Wildman–Crippen MR) is 96.8 cm³/mol. The van der Waals surface area contributed by atoms with Crippen molar-refractivity contribution >= 4 is 5.69 Å². The highest BCUT2D eigenvalue weighted by Crippen LogP contribution is 2.28. The van der Waals surface area contributed by atoms with E-state index in [1.54, 1.807) is 33.1 Å². The van der Waals surface area contributed by atoms with Crippen molar-refractivity contribution in [3.05, 3.63) is 57.9 Å². The molecule has 0 spiro atoms. The lowest BCUT2D eigenvalue weighted by Gasteiger charge is -2.15. The Morgan fingerprint density at radius 3 is 2.73 bits per heavy atom. The molecule has 1 N–H and O–H groups in total. The summed E-state index contributed by atoms with van der Waals surface area (Å²) in [5, 5.41) is 25.4. The highest BCUT2D eigenvalue weighted by molar-refractivity contribution is 5.43. The van der Waals surface area contributed by atoms with Crippen LogP contribution in [0.5, 0.6) is 11.5 Å². The first kappa shape index (κ1) is 19.5. The number of methoxy groups -OCH3 is 1. The Hall–Kier alpha value is -2.87. The number of aliphatic hydroxyl groups is 1. The van der Waals surface area contributed by atoms with Crippen molar-refractivity contribution in [3.8, 4) is 11.5 Å². The average molecular weight is 361 g/mol. The SMILES string of the molecule is C=CCc1ccc(OCC(O)Cn2nc(C)c([N+](=O)[O-])c2C)c(OC)c1. The molecule has 0 fully saturated rings. The molecule has 0 aliphatic heterocycles. The molecule has 2 aromatic rings. The molecule has 26 heavy (non-hydrogen) atoms. The van der Waals surface area contributed by atoms with E-state index in [4.69, 9.17) is 9.47 Å². The third-order valence-electron chi connectivity index (χ3n) is 3.95. The van der Waals surface area contributed by atoms with Crippen molar-refractivity contribution in [2.45, 2.75) is 32.9 Å². The van der Waals surface area contributed by atoms with E-state index in [0.717, 1.165) is 12.0 Å². The second-order valence-corrected chi connectivity index (χ2v) is 5.90. The third kappa shape index (κ3) is 4.40. The van der Waals surface area contributed by atoms with Crippen LogP contribution < -0.4 is 9.47 Å². The Morgan fingerprint density at radius 2 is 2.15 bits per heavy atom. The number of aromatic nitrogens is 2. The quantitative estimate of drug-likeness (QED) is 0.419. The van der Waals surface area contributed by atoms with Gasteiger partial charge in [0, 0.05) is 0 Å². The van der Waals surface area contributed by atoms with E-state index in [9.17, 15) is 15.2 Å². The van der Waals surface area contributed by atoms with Gasteiger partial charge in [-0.25, -0.2) is 0 Å². The number of aryl methyl sites for hydroxylation is 1. The van der Waals surface area contributed by atoms with Crippen LogP contribution in [0, 0.1) is 24.0 Å². The third-order valence-corrected chi connectivity index (χ3v) is 3.95. The van der Waals surface area contributed by atoms with Crippen LogP contribution >= 0.6 is 0 Å². The van der Waals surface area contributed by atoms with Gasteiger partial charge < -0.3 is 14.6 Å². The topological polar surface area (TPSA) is 99.7 Å². The lowest BCUT2D eigenvalue weighted by Crippen LogP contribution is -2.25. The van der Waals surface area contributed by atoms with Gasteiger partial charge >= 0.3 is 5.69 Å². The number of ether oxygens (including phenoxy) is 2. The van der Waals surface area contributed by atoms with Gasteiger partial charge in [0.05, 0.1) is 18.6 Å². The maximum Gasteiger partial charge on any atom is 0.312 e. The van der Waals surface area contributed by atoms with Crippen LogP contribution in [0.4, 0.5) is 5.69 Å². The average Bonchev–Trinajstić information content (AvgIpc) is 2.87. The van der Waals surface area contributed by atoms with Crippen LogP contribution in [0.3, 0.4) is 0 Å². The molecule has 8 heteroatoms. The van der Waals surface area contributed by atoms with Crippen LogP contribution in [0.15, 0.2) is 30.9 Å². The molecular formula is C18H23N3O5. The Kier molecular flexibility index (Phi) is 6.35. The number of hydrogen-bond acceptors (Lipinski definition) is 6. The largest absolute Gasteiger partial charge is 0.493 e. The monoisotopic (exact) mass is 361 g/mol. The number of nitro groups is 1. The standard InChI is InChI=1S/C18H23N3O5/c1-5-6-14-7-8-16(17(9-14)25-4)26-11-15(22)10-20-13(3)18(21(23)24)12(2)19-20/h5,7-9,15,22H,1,6,10-11H2,2-4H3. The molecule has 0 bridgehead atoms. The summed E-state index contributed by atoms with van der Waals surface area (Å²) in [5.74, 6) is 1.08. The minimum Gasteiger partial charge on any atom is -0.493 e. The first-order chi connectivity index (χ1) is 12.4. The van der Waals surface area contributed by atoms with Crippen LogP contribution in [-0.2, 0) is 13.0 Å². The summed E-state index contributed by atoms with van der Waals surface area (Å²) in [6.45, 7) is 6.98. The van der Waals surface area contributed by atoms with Crippen molar-refractivity contribution in [2.24, 2.45) is 0 Å². The van der Waals surface area contributed by atoms with E-state index >= 15 is 0 Å². The van der Waals surface area contributed by atoms with Gasteiger partial charge in [0.2, 0.25) is 0 Å². The summed E-state index contributed by atoms with van der Waals surface area (Å²) in [6, 6.07) is 5.53. The molecule has 1 atom stereocenters. The molecule has 1 unspecified atom stereocenters. The number of allylic oxidation sites excluding steroid dienone is 1. The fourth-order valence-corrected chi connectivity index (χ4v) is 2.69. The summed E-state index contributed by atoms with van der Waals surface area (Å²) in [4.78, 5) is 10.6. The second kappa shape index (κ2) is 8.48. The summed E-state index contributed by atoms with van der Waals surface area (Å²) < 4.78 is 12.4. The molecule has 1 aromatic heterocycles. The van der Waals surface area contributed by atoms with Gasteiger partial charge in [0.15, 0.2) is 11.5 Å². The van der Waals surface area contributed by atoms with E-state index in [1.165, 1.54) is 4.68 Å². The van der Waals surface area contributed by atoms with Gasteiger partial charge in [0.25, 0.3) is 0 Å². The summed E-state index contributed by atoms with van der Waals surface area (Å²) in [6.07, 6.45) is 1.63. The summed E-state index contributed by atoms with van der Waals surface area (Å²) >= 11 is 0. The van der Waals surface area contributed by atoms with Crippen molar-refractivity contribution in [2.75, 3.05) is 13.7 Å². The van der Waals surface area contributed by atoms with Crippen molar-refractivity contribution in [1.82, 2.24) is 9.78 Å². The number of aliphatic hydroxyl groups excluding tert-OH is 1. The fraction of sp³-hybridized carbons (Fsp3) is 0.389. The van der Waals surface area contributed by atoms with Crippen LogP contribution in [0.2, 0.25) is 0 Å². The van der Waals surface area contributed by atoms with E-state index in [1.807, 2.05) is 12.1 Å². The first-order valence-electron chi connectivity index (χ1n) is 8.14. The van der Waals surface area contributed by atoms with Gasteiger partial charge in [-0.15, -0.1) is 6.58 Å². The molecule has 0 amide bonds. The molecule has 140 valence electrons. The zero-order chi connectivity index (χ0) is 19.3. The molecule has 0 aliphatic carbocycles. The molecule has 1 aromatic carbocycles. The number of benzene rings is 1. The number of hydrogen-bond donors (Lipinski definition) is 1. The minimum atomic E-state index is -0.884. The number of rotatable bonds is 9. The lowest BCUT2D eigenvalue weighted by atomic mass is 10.1. The van der Waals surface area contributed by atoms with E-state index in [2.05, 4.69) is 11.7 Å². The minimum absolute atomic E-state index is 0.00328. The fourth-order valence-electron chi connectivity index (χ4n) is 2.69. The second-order valence-electron chi connectivity index (χ2n) is 5.90. The van der Waals surface area contributed by atoms with Gasteiger partial charge in [-0.3, -0.25) is 14.8 Å². The molecular weight excluding hydrogens is 338 g/mol. The smallest absolute Gasteiger partial charge is 0.312 e. The maximum absolute atomic E-state index is 11.0. The van der Waals surface area contributed by atoms with Gasteiger partial charge in [0.1, 0.15) is 24.1 Å². The molecule has 0 saturated carbocycles. The zero-order valence-corrected chi connectivity index (χ0v) is 15.1. The number of nitrogens with zero attached hydrogens (tertiary/aromatic N) is 3. The Morgan fingerprint density at radius 1 is 1.42 bits per heavy atom. The maximum atomic E-state index is 11.0. The van der Waals surface area contributed by atoms with Gasteiger partial charge in [-0.1, -0.05) is 12.1 Å². The van der Waals surface area contributed by atoms with E-state index < -0.39 is 11.0 Å². The molecule has 2 rings (SSSR count). The van der Waals surface area contributed by atoms with Crippen molar-refractivity contribution in [3.63, 3.8) is 0 Å². The zero-order valence-electron chi connectivity index (χ0n) is 15.1. The van der Waals surface area contributed by atoms with Gasteiger partial charge in [-0.05, 0) is 38.0 Å². The Bertz CT molecular complexity index is 800. The lowest BCUT2D eigenvalue weighted by molar-refractivity contribution is -0.386. The van der Waals surface area contributed by atoms with E-state index in [0.29, 0.717) is 22.9 Å². The van der Waals surface area contributed by atoms with Gasteiger partial charge in [-0.2, -0.15) is 5.10 Å². The Labute approximate surface area is 151 Å². The normalized spacial score (nSPS) is 11.8. The van der Waals surface area contributed by atoms with Crippen molar-refractivity contribution < 1.29 is 19.5 Å². The van der Waals surface area contributed by atoms with Crippen LogP contribution in [0.1, 0.15) is 17.0 Å². The molecule has 1 heterocycles. The molecule has 0 radical (unpaired) electrons. The highest BCUT2D eigenvalue weighted by Gasteiger charge is 2.23. The predicted octanol–water partition coefficient (Wildman–Crippen LogP) is 2.59. The Balaban J connectivity index is 2.03. The van der Waals surface area contributed by atoms with Crippen LogP contribution in [-0.4, -0.2) is 39.6 Å². The highest BCUT2D eigenvalue weighted by atomic mass is 16.6. The summed E-state index contributed by atoms with van der Waals surface area (Å²) in [5.41, 5.74) is 1.73. The van der Waals surface area contributed by atoms with E-state index in [-0.39, 0.29) is 18.8 Å². The first-order valence-corrected chi connectivity index (χ1v) is 8.14. The molecule has 0 aliphatic rings.